The Labute approximate surface area is 169 Å². The van der Waals surface area contributed by atoms with Gasteiger partial charge in [-0.25, -0.2) is 0 Å². The Hall–Kier alpha value is -1.02. The second kappa shape index (κ2) is 12.4. The summed E-state index contributed by atoms with van der Waals surface area (Å²) in [4.78, 5) is 6.70. The van der Waals surface area contributed by atoms with Crippen LogP contribution in [0.3, 0.4) is 0 Å². The molecule has 0 aromatic heterocycles. The highest BCUT2D eigenvalue weighted by Crippen LogP contribution is 2.16. The van der Waals surface area contributed by atoms with Gasteiger partial charge < -0.3 is 20.1 Å². The molecule has 0 unspecified atom stereocenters. The van der Waals surface area contributed by atoms with Crippen LogP contribution in [0.5, 0.6) is 5.75 Å². The predicted molar refractivity (Wildman–Crippen MR) is 116 cm³/mol. The summed E-state index contributed by atoms with van der Waals surface area (Å²) in [6.07, 6.45) is 1.41. The third-order valence-corrected chi connectivity index (χ3v) is 4.19. The molecule has 0 atom stereocenters. The van der Waals surface area contributed by atoms with Gasteiger partial charge in [0.05, 0.1) is 18.8 Å². The molecule has 25 heavy (non-hydrogen) atoms. The van der Waals surface area contributed by atoms with Crippen LogP contribution >= 0.6 is 24.0 Å². The van der Waals surface area contributed by atoms with E-state index in [1.807, 2.05) is 46.9 Å². The number of aliphatic hydroxyl groups is 1. The van der Waals surface area contributed by atoms with E-state index in [1.165, 1.54) is 5.56 Å². The van der Waals surface area contributed by atoms with Gasteiger partial charge in [-0.1, -0.05) is 26.0 Å². The molecule has 0 fully saturated rings. The van der Waals surface area contributed by atoms with E-state index in [1.54, 1.807) is 0 Å². The van der Waals surface area contributed by atoms with Crippen molar-refractivity contribution >= 4 is 29.9 Å². The summed E-state index contributed by atoms with van der Waals surface area (Å²) in [7, 11) is 2.01. The molecule has 0 heterocycles. The lowest BCUT2D eigenvalue weighted by atomic mass is 9.98. The van der Waals surface area contributed by atoms with E-state index in [0.717, 1.165) is 24.8 Å². The number of rotatable bonds is 9. The van der Waals surface area contributed by atoms with Gasteiger partial charge in [0.15, 0.2) is 5.96 Å². The van der Waals surface area contributed by atoms with Crippen LogP contribution in [0.15, 0.2) is 29.3 Å². The highest BCUT2D eigenvalue weighted by Gasteiger charge is 2.22. The first-order valence-electron chi connectivity index (χ1n) is 8.91. The molecule has 0 amide bonds. The van der Waals surface area contributed by atoms with Crippen LogP contribution in [0.2, 0.25) is 0 Å². The SMILES string of the molecule is CCNC(=NCC(O)(CC)CC)N(C)Cc1ccc(OCC)cc1.I. The zero-order valence-corrected chi connectivity index (χ0v) is 18.5. The van der Waals surface area contributed by atoms with Gasteiger partial charge in [0, 0.05) is 20.1 Å². The largest absolute Gasteiger partial charge is 0.494 e. The van der Waals surface area contributed by atoms with Crippen molar-refractivity contribution in [3.8, 4) is 5.75 Å². The number of nitrogens with zero attached hydrogens (tertiary/aromatic N) is 2. The highest BCUT2D eigenvalue weighted by atomic mass is 127. The van der Waals surface area contributed by atoms with Crippen molar-refractivity contribution in [3.63, 3.8) is 0 Å². The summed E-state index contributed by atoms with van der Waals surface area (Å²) in [5.74, 6) is 1.70. The Kier molecular flexibility index (Phi) is 11.8. The summed E-state index contributed by atoms with van der Waals surface area (Å²) in [6, 6.07) is 8.12. The maximum Gasteiger partial charge on any atom is 0.194 e. The number of halogens is 1. The van der Waals surface area contributed by atoms with Crippen LogP contribution in [-0.2, 0) is 6.54 Å². The van der Waals surface area contributed by atoms with E-state index in [2.05, 4.69) is 27.3 Å². The van der Waals surface area contributed by atoms with Crippen molar-refractivity contribution < 1.29 is 9.84 Å². The summed E-state index contributed by atoms with van der Waals surface area (Å²) >= 11 is 0. The summed E-state index contributed by atoms with van der Waals surface area (Å²) in [5.41, 5.74) is 0.466. The summed E-state index contributed by atoms with van der Waals surface area (Å²) in [6.45, 7) is 10.6. The van der Waals surface area contributed by atoms with Crippen LogP contribution in [-0.4, -0.2) is 48.3 Å². The van der Waals surface area contributed by atoms with E-state index in [0.29, 0.717) is 26.0 Å². The molecule has 0 aliphatic rings. The summed E-state index contributed by atoms with van der Waals surface area (Å²) in [5, 5.41) is 13.7. The Bertz CT molecular complexity index is 502. The third-order valence-electron chi connectivity index (χ3n) is 4.19. The van der Waals surface area contributed by atoms with Crippen molar-refractivity contribution in [2.24, 2.45) is 4.99 Å². The number of guanidine groups is 1. The lowest BCUT2D eigenvalue weighted by Gasteiger charge is -2.26. The molecular formula is C19H34IN3O2. The fourth-order valence-corrected chi connectivity index (χ4v) is 2.37. The molecule has 0 aliphatic heterocycles. The third kappa shape index (κ3) is 8.27. The number of hydrogen-bond donors (Lipinski definition) is 2. The lowest BCUT2D eigenvalue weighted by molar-refractivity contribution is 0.0416. The van der Waals surface area contributed by atoms with E-state index in [9.17, 15) is 5.11 Å². The van der Waals surface area contributed by atoms with Gasteiger partial charge in [-0.2, -0.15) is 0 Å². The summed E-state index contributed by atoms with van der Waals surface area (Å²) < 4.78 is 5.48. The minimum Gasteiger partial charge on any atom is -0.494 e. The average Bonchev–Trinajstić information content (AvgIpc) is 2.60. The molecule has 0 aliphatic carbocycles. The molecule has 0 saturated heterocycles. The molecular weight excluding hydrogens is 429 g/mol. The number of benzene rings is 1. The van der Waals surface area contributed by atoms with Crippen LogP contribution in [0.1, 0.15) is 46.1 Å². The first-order valence-corrected chi connectivity index (χ1v) is 8.91. The molecule has 1 aromatic carbocycles. The normalized spacial score (nSPS) is 11.7. The topological polar surface area (TPSA) is 57.1 Å². The van der Waals surface area contributed by atoms with Crippen LogP contribution in [0.4, 0.5) is 0 Å². The van der Waals surface area contributed by atoms with E-state index in [4.69, 9.17) is 4.74 Å². The van der Waals surface area contributed by atoms with Crippen LogP contribution < -0.4 is 10.1 Å². The van der Waals surface area contributed by atoms with Gasteiger partial charge in [-0.15, -0.1) is 24.0 Å². The molecule has 0 saturated carbocycles. The van der Waals surface area contributed by atoms with E-state index < -0.39 is 5.60 Å². The highest BCUT2D eigenvalue weighted by molar-refractivity contribution is 14.0. The molecule has 1 aromatic rings. The Morgan fingerprint density at radius 3 is 2.24 bits per heavy atom. The van der Waals surface area contributed by atoms with Gasteiger partial charge in [0.25, 0.3) is 0 Å². The quantitative estimate of drug-likeness (QED) is 0.334. The van der Waals surface area contributed by atoms with Crippen molar-refractivity contribution in [2.75, 3.05) is 26.7 Å². The van der Waals surface area contributed by atoms with Crippen molar-refractivity contribution in [1.82, 2.24) is 10.2 Å². The average molecular weight is 463 g/mol. The van der Waals surface area contributed by atoms with Crippen molar-refractivity contribution in [3.05, 3.63) is 29.8 Å². The maximum atomic E-state index is 10.4. The minimum absolute atomic E-state index is 0. The Morgan fingerprint density at radius 1 is 1.16 bits per heavy atom. The number of ether oxygens (including phenoxy) is 1. The Morgan fingerprint density at radius 2 is 1.76 bits per heavy atom. The second-order valence-corrected chi connectivity index (χ2v) is 6.03. The van der Waals surface area contributed by atoms with Crippen molar-refractivity contribution in [1.29, 1.82) is 0 Å². The second-order valence-electron chi connectivity index (χ2n) is 6.03. The number of nitrogens with one attached hydrogen (secondary N) is 1. The molecule has 5 nitrogen and oxygen atoms in total. The van der Waals surface area contributed by atoms with Crippen LogP contribution in [0.25, 0.3) is 0 Å². The van der Waals surface area contributed by atoms with Crippen LogP contribution in [0, 0.1) is 0 Å². The zero-order valence-electron chi connectivity index (χ0n) is 16.2. The first kappa shape index (κ1) is 24.0. The standard InChI is InChI=1S/C19H33N3O2.HI/c1-6-19(23,7-2)15-21-18(20-8-3)22(5)14-16-10-12-17(13-11-16)24-9-4;/h10-13,23H,6-9,14-15H2,1-5H3,(H,20,21);1H. The van der Waals surface area contributed by atoms with Crippen molar-refractivity contribution in [2.45, 2.75) is 52.7 Å². The lowest BCUT2D eigenvalue weighted by Crippen LogP contribution is -2.40. The fourth-order valence-electron chi connectivity index (χ4n) is 2.37. The van der Waals surface area contributed by atoms with E-state index >= 15 is 0 Å². The molecule has 1 rings (SSSR count). The van der Waals surface area contributed by atoms with Gasteiger partial charge in [0.2, 0.25) is 0 Å². The molecule has 6 heteroatoms. The molecule has 0 radical (unpaired) electrons. The van der Waals surface area contributed by atoms with Gasteiger partial charge in [-0.05, 0) is 44.4 Å². The molecule has 0 spiro atoms. The first-order chi connectivity index (χ1) is 11.5. The minimum atomic E-state index is -0.722. The molecule has 0 bridgehead atoms. The zero-order chi connectivity index (χ0) is 18.0. The van der Waals surface area contributed by atoms with E-state index in [-0.39, 0.29) is 24.0 Å². The van der Waals surface area contributed by atoms with Gasteiger partial charge in [-0.3, -0.25) is 4.99 Å². The smallest absolute Gasteiger partial charge is 0.194 e. The molecule has 2 N–H and O–H groups in total. The maximum absolute atomic E-state index is 10.4. The predicted octanol–water partition coefficient (Wildman–Crippen LogP) is 3.65. The fraction of sp³-hybridized carbons (Fsp3) is 0.632. The van der Waals surface area contributed by atoms with Gasteiger partial charge in [0.1, 0.15) is 5.75 Å². The number of aliphatic imine (C=N–C) groups is 1. The molecule has 144 valence electrons. The number of hydrogen-bond acceptors (Lipinski definition) is 3. The van der Waals surface area contributed by atoms with Gasteiger partial charge >= 0.3 is 0 Å². The Balaban J connectivity index is 0.00000576. The monoisotopic (exact) mass is 463 g/mol.